The Morgan fingerprint density at radius 2 is 2.13 bits per heavy atom. The van der Waals surface area contributed by atoms with E-state index >= 15 is 0 Å². The Balaban J connectivity index is 1.63. The molecule has 0 N–H and O–H groups in total. The summed E-state index contributed by atoms with van der Waals surface area (Å²) < 4.78 is 12.6. The van der Waals surface area contributed by atoms with Gasteiger partial charge in [-0.1, -0.05) is 12.1 Å². The van der Waals surface area contributed by atoms with Crippen LogP contribution < -0.4 is 4.74 Å². The molecular weight excluding hydrogens is 294 g/mol. The SMILES string of the molecule is COc1ccc(CC2CN(C(=O)c3ccnn3C)CCO2)cc1. The van der Waals surface area contributed by atoms with Gasteiger partial charge in [0.25, 0.3) is 5.91 Å². The van der Waals surface area contributed by atoms with E-state index in [1.807, 2.05) is 29.2 Å². The average Bonchev–Trinajstić information content (AvgIpc) is 3.01. The standard InChI is InChI=1S/C17H21N3O3/c1-19-16(7-8-18-19)17(21)20-9-10-23-15(12-20)11-13-3-5-14(22-2)6-4-13/h3-8,15H,9-12H2,1-2H3. The fourth-order valence-electron chi connectivity index (χ4n) is 2.80. The summed E-state index contributed by atoms with van der Waals surface area (Å²) in [5.41, 5.74) is 1.78. The molecule has 1 unspecified atom stereocenters. The predicted octanol–water partition coefficient (Wildman–Crippen LogP) is 1.51. The fraction of sp³-hybridized carbons (Fsp3) is 0.412. The van der Waals surface area contributed by atoms with Crippen LogP contribution in [0.25, 0.3) is 0 Å². The summed E-state index contributed by atoms with van der Waals surface area (Å²) in [6.07, 6.45) is 2.43. The normalized spacial score (nSPS) is 18.0. The third-order valence-electron chi connectivity index (χ3n) is 4.09. The highest BCUT2D eigenvalue weighted by Crippen LogP contribution is 2.17. The van der Waals surface area contributed by atoms with E-state index in [1.165, 1.54) is 5.56 Å². The topological polar surface area (TPSA) is 56.6 Å². The first-order valence-corrected chi connectivity index (χ1v) is 7.69. The number of nitrogens with zero attached hydrogens (tertiary/aromatic N) is 3. The Morgan fingerprint density at radius 1 is 1.35 bits per heavy atom. The molecule has 1 fully saturated rings. The maximum absolute atomic E-state index is 12.6. The van der Waals surface area contributed by atoms with E-state index in [0.717, 1.165) is 12.2 Å². The van der Waals surface area contributed by atoms with E-state index in [4.69, 9.17) is 9.47 Å². The highest BCUT2D eigenvalue weighted by atomic mass is 16.5. The molecule has 0 spiro atoms. The summed E-state index contributed by atoms with van der Waals surface area (Å²) >= 11 is 0. The van der Waals surface area contributed by atoms with E-state index in [0.29, 0.717) is 25.4 Å². The van der Waals surface area contributed by atoms with Crippen LogP contribution in [0.15, 0.2) is 36.5 Å². The fourth-order valence-corrected chi connectivity index (χ4v) is 2.80. The van der Waals surface area contributed by atoms with Crippen molar-refractivity contribution >= 4 is 5.91 Å². The molecule has 0 bridgehead atoms. The van der Waals surface area contributed by atoms with Crippen LogP contribution in [-0.4, -0.2) is 53.5 Å². The molecule has 1 aromatic carbocycles. The molecule has 6 heteroatoms. The number of hydrogen-bond acceptors (Lipinski definition) is 4. The van der Waals surface area contributed by atoms with Crippen molar-refractivity contribution < 1.29 is 14.3 Å². The predicted molar refractivity (Wildman–Crippen MR) is 85.5 cm³/mol. The Hall–Kier alpha value is -2.34. The summed E-state index contributed by atoms with van der Waals surface area (Å²) in [6.45, 7) is 1.77. The summed E-state index contributed by atoms with van der Waals surface area (Å²) in [5.74, 6) is 0.847. The molecule has 1 atom stereocenters. The van der Waals surface area contributed by atoms with Crippen molar-refractivity contribution in [3.63, 3.8) is 0 Å². The van der Waals surface area contributed by atoms with Gasteiger partial charge in [0.2, 0.25) is 0 Å². The van der Waals surface area contributed by atoms with Crippen LogP contribution in [-0.2, 0) is 18.2 Å². The molecule has 3 rings (SSSR count). The zero-order valence-electron chi connectivity index (χ0n) is 13.4. The van der Waals surface area contributed by atoms with Gasteiger partial charge >= 0.3 is 0 Å². The molecule has 2 aromatic rings. The van der Waals surface area contributed by atoms with Crippen LogP contribution >= 0.6 is 0 Å². The molecule has 1 aliphatic rings. The van der Waals surface area contributed by atoms with Gasteiger partial charge < -0.3 is 14.4 Å². The second-order valence-corrected chi connectivity index (χ2v) is 5.64. The van der Waals surface area contributed by atoms with E-state index in [2.05, 4.69) is 5.10 Å². The van der Waals surface area contributed by atoms with Gasteiger partial charge in [-0.25, -0.2) is 0 Å². The maximum Gasteiger partial charge on any atom is 0.272 e. The van der Waals surface area contributed by atoms with Gasteiger partial charge in [0.05, 0.1) is 19.8 Å². The third kappa shape index (κ3) is 3.53. The highest BCUT2D eigenvalue weighted by Gasteiger charge is 2.26. The quantitative estimate of drug-likeness (QED) is 0.858. The molecule has 23 heavy (non-hydrogen) atoms. The van der Waals surface area contributed by atoms with Crippen molar-refractivity contribution in [3.05, 3.63) is 47.8 Å². The number of morpholine rings is 1. The number of carbonyl (C=O) groups excluding carboxylic acids is 1. The summed E-state index contributed by atoms with van der Waals surface area (Å²) in [5, 5.41) is 4.06. The van der Waals surface area contributed by atoms with Gasteiger partial charge in [0.15, 0.2) is 0 Å². The first-order valence-electron chi connectivity index (χ1n) is 7.69. The van der Waals surface area contributed by atoms with Gasteiger partial charge in [-0.2, -0.15) is 5.10 Å². The first kappa shape index (κ1) is 15.6. The Morgan fingerprint density at radius 3 is 2.78 bits per heavy atom. The molecule has 1 saturated heterocycles. The smallest absolute Gasteiger partial charge is 0.272 e. The molecular formula is C17H21N3O3. The molecule has 1 aromatic heterocycles. The van der Waals surface area contributed by atoms with Gasteiger partial charge in [-0.05, 0) is 23.8 Å². The molecule has 0 radical (unpaired) electrons. The Labute approximate surface area is 135 Å². The number of aromatic nitrogens is 2. The largest absolute Gasteiger partial charge is 0.497 e. The van der Waals surface area contributed by atoms with Crippen LogP contribution in [0.3, 0.4) is 0 Å². The van der Waals surface area contributed by atoms with Crippen molar-refractivity contribution in [2.45, 2.75) is 12.5 Å². The van der Waals surface area contributed by atoms with Gasteiger partial charge in [-0.15, -0.1) is 0 Å². The lowest BCUT2D eigenvalue weighted by molar-refractivity contribution is -0.0211. The molecule has 2 heterocycles. The monoisotopic (exact) mass is 315 g/mol. The number of rotatable bonds is 4. The second kappa shape index (κ2) is 6.83. The van der Waals surface area contributed by atoms with E-state index in [-0.39, 0.29) is 12.0 Å². The van der Waals surface area contributed by atoms with Crippen LogP contribution in [0.4, 0.5) is 0 Å². The molecule has 1 aliphatic heterocycles. The number of ether oxygens (including phenoxy) is 2. The van der Waals surface area contributed by atoms with Crippen molar-refractivity contribution in [2.24, 2.45) is 7.05 Å². The van der Waals surface area contributed by atoms with Crippen LogP contribution in [0, 0.1) is 0 Å². The van der Waals surface area contributed by atoms with Crippen LogP contribution in [0.5, 0.6) is 5.75 Å². The summed E-state index contributed by atoms with van der Waals surface area (Å²) in [7, 11) is 3.43. The zero-order valence-corrected chi connectivity index (χ0v) is 13.4. The van der Waals surface area contributed by atoms with Crippen molar-refractivity contribution in [2.75, 3.05) is 26.8 Å². The third-order valence-corrected chi connectivity index (χ3v) is 4.09. The number of methoxy groups -OCH3 is 1. The number of aryl methyl sites for hydroxylation is 1. The summed E-state index contributed by atoms with van der Waals surface area (Å²) in [6, 6.07) is 9.69. The minimum Gasteiger partial charge on any atom is -0.497 e. The number of carbonyl (C=O) groups is 1. The van der Waals surface area contributed by atoms with Gasteiger partial charge in [-0.3, -0.25) is 9.48 Å². The molecule has 122 valence electrons. The van der Waals surface area contributed by atoms with Crippen molar-refractivity contribution in [1.82, 2.24) is 14.7 Å². The number of benzene rings is 1. The number of hydrogen-bond donors (Lipinski definition) is 0. The van der Waals surface area contributed by atoms with Gasteiger partial charge in [0, 0.05) is 32.8 Å². The minimum absolute atomic E-state index is 0.00744. The average molecular weight is 315 g/mol. The second-order valence-electron chi connectivity index (χ2n) is 5.64. The Kier molecular flexibility index (Phi) is 4.62. The van der Waals surface area contributed by atoms with Crippen LogP contribution in [0.1, 0.15) is 16.1 Å². The number of amides is 1. The molecule has 0 saturated carbocycles. The molecule has 6 nitrogen and oxygen atoms in total. The highest BCUT2D eigenvalue weighted by molar-refractivity contribution is 5.92. The first-order chi connectivity index (χ1) is 11.2. The molecule has 1 amide bonds. The van der Waals surface area contributed by atoms with E-state index in [9.17, 15) is 4.79 Å². The lowest BCUT2D eigenvalue weighted by Gasteiger charge is -2.33. The van der Waals surface area contributed by atoms with Crippen molar-refractivity contribution in [1.29, 1.82) is 0 Å². The lowest BCUT2D eigenvalue weighted by Crippen LogP contribution is -2.46. The molecule has 0 aliphatic carbocycles. The van der Waals surface area contributed by atoms with Crippen molar-refractivity contribution in [3.8, 4) is 5.75 Å². The lowest BCUT2D eigenvalue weighted by atomic mass is 10.1. The zero-order chi connectivity index (χ0) is 16.2. The van der Waals surface area contributed by atoms with Gasteiger partial charge in [0.1, 0.15) is 11.4 Å². The minimum atomic E-state index is 0.00744. The Bertz CT molecular complexity index is 666. The maximum atomic E-state index is 12.6. The van der Waals surface area contributed by atoms with E-state index < -0.39 is 0 Å². The summed E-state index contributed by atoms with van der Waals surface area (Å²) in [4.78, 5) is 14.4. The van der Waals surface area contributed by atoms with E-state index in [1.54, 1.807) is 31.1 Å². The van der Waals surface area contributed by atoms with Crippen LogP contribution in [0.2, 0.25) is 0 Å².